The van der Waals surface area contributed by atoms with Crippen LogP contribution in [0.2, 0.25) is 0 Å². The van der Waals surface area contributed by atoms with Crippen molar-refractivity contribution in [3.63, 3.8) is 0 Å². The summed E-state index contributed by atoms with van der Waals surface area (Å²) in [6, 6.07) is 31.6. The predicted octanol–water partition coefficient (Wildman–Crippen LogP) is 3.39. The molecule has 0 unspecified atom stereocenters. The SMILES string of the molecule is NCC(=O)c1ccc(CN(c2ccccc2)S(=O)(=O)CCN2CCN(CCO)CC2)cc1.O=S(=O)(CCN1CCN(CCO)CC1)N(Cc1ccc(-c2nnc(C(F)F)o2)cc1)c1ccccc1. The lowest BCUT2D eigenvalue weighted by molar-refractivity contribution is 0.100. The molecule has 2 saturated heterocycles. The molecule has 0 radical (unpaired) electrons. The van der Waals surface area contributed by atoms with Gasteiger partial charge in [-0.2, -0.15) is 8.78 Å². The number of Topliss-reactive ketones (excluding diaryl/α,β-unsaturated/α-hetero) is 1. The van der Waals surface area contributed by atoms with Gasteiger partial charge in [0.25, 0.3) is 5.89 Å². The fourth-order valence-corrected chi connectivity index (χ4v) is 10.8. The molecule has 2 aliphatic heterocycles. The normalized spacial score (nSPS) is 15.5. The fraction of sp³-hybridized carbons (Fsp3) is 0.426. The molecule has 7 rings (SSSR count). The maximum atomic E-state index is 13.5. The smallest absolute Gasteiger partial charge is 0.314 e. The molecule has 0 aliphatic carbocycles. The number of aromatic nitrogens is 2. The number of halogens is 2. The van der Waals surface area contributed by atoms with E-state index in [-0.39, 0.29) is 56.0 Å². The van der Waals surface area contributed by atoms with Crippen molar-refractivity contribution < 1.29 is 45.0 Å². The molecule has 0 saturated carbocycles. The minimum Gasteiger partial charge on any atom is -0.415 e. The molecule has 1 aromatic heterocycles. The van der Waals surface area contributed by atoms with Crippen LogP contribution in [0.3, 0.4) is 0 Å². The summed E-state index contributed by atoms with van der Waals surface area (Å²) in [4.78, 5) is 20.4. The van der Waals surface area contributed by atoms with Gasteiger partial charge in [-0.25, -0.2) is 16.8 Å². The van der Waals surface area contributed by atoms with Crippen LogP contribution in [0.15, 0.2) is 114 Å². The number of sulfonamides is 2. The lowest BCUT2D eigenvalue weighted by atomic mass is 10.1. The number of ketones is 1. The number of para-hydroxylation sites is 2. The van der Waals surface area contributed by atoms with E-state index >= 15 is 0 Å². The number of nitrogens with two attached hydrogens (primary N) is 1. The molecular formula is C47H61F2N9O8S2. The van der Waals surface area contributed by atoms with Crippen molar-refractivity contribution in [3.8, 4) is 11.5 Å². The molecule has 4 N–H and O–H groups in total. The lowest BCUT2D eigenvalue weighted by Crippen LogP contribution is -2.49. The number of benzene rings is 4. The Morgan fingerprint density at radius 3 is 1.37 bits per heavy atom. The molecule has 2 fully saturated rings. The Hall–Kier alpha value is -5.23. The van der Waals surface area contributed by atoms with E-state index in [4.69, 9.17) is 20.4 Å². The van der Waals surface area contributed by atoms with Gasteiger partial charge in [0.2, 0.25) is 25.9 Å². The highest BCUT2D eigenvalue weighted by molar-refractivity contribution is 7.93. The maximum absolute atomic E-state index is 13.5. The van der Waals surface area contributed by atoms with Gasteiger partial charge in [0.15, 0.2) is 5.78 Å². The second kappa shape index (κ2) is 25.4. The Labute approximate surface area is 397 Å². The molecule has 2 aliphatic rings. The molecule has 3 heterocycles. The minimum atomic E-state index is -3.65. The van der Waals surface area contributed by atoms with E-state index in [1.165, 1.54) is 8.61 Å². The molecule has 0 atom stereocenters. The number of carbonyl (C=O) groups is 1. The Bertz CT molecular complexity index is 2510. The van der Waals surface area contributed by atoms with Gasteiger partial charge in [0.1, 0.15) is 0 Å². The molecule has 17 nitrogen and oxygen atoms in total. The van der Waals surface area contributed by atoms with Crippen molar-refractivity contribution >= 4 is 37.2 Å². The van der Waals surface area contributed by atoms with Crippen LogP contribution in [0.25, 0.3) is 11.5 Å². The van der Waals surface area contributed by atoms with Gasteiger partial charge in [-0.3, -0.25) is 33.0 Å². The number of aliphatic hydroxyl groups is 2. The molecule has 68 heavy (non-hydrogen) atoms. The van der Waals surface area contributed by atoms with E-state index in [2.05, 4.69) is 29.8 Å². The zero-order chi connectivity index (χ0) is 48.5. The summed E-state index contributed by atoms with van der Waals surface area (Å²) in [6.45, 7) is 9.02. The van der Waals surface area contributed by atoms with Crippen LogP contribution in [0, 0.1) is 0 Å². The first kappa shape index (κ1) is 52.1. The number of hydrogen-bond donors (Lipinski definition) is 3. The first-order chi connectivity index (χ1) is 32.8. The predicted molar refractivity (Wildman–Crippen MR) is 257 cm³/mol. The quantitative estimate of drug-likeness (QED) is 0.0850. The first-order valence-corrected chi connectivity index (χ1v) is 25.8. The Morgan fingerprint density at radius 1 is 0.603 bits per heavy atom. The monoisotopic (exact) mass is 981 g/mol. The molecule has 21 heteroatoms. The summed E-state index contributed by atoms with van der Waals surface area (Å²) in [5.74, 6) is -0.929. The molecule has 5 aromatic rings. The molecule has 368 valence electrons. The van der Waals surface area contributed by atoms with Crippen molar-refractivity contribution in [3.05, 3.63) is 132 Å². The zero-order valence-corrected chi connectivity index (χ0v) is 39.6. The van der Waals surface area contributed by atoms with Gasteiger partial charge in [0, 0.05) is 89.7 Å². The van der Waals surface area contributed by atoms with Gasteiger partial charge in [0.05, 0.1) is 55.7 Å². The van der Waals surface area contributed by atoms with Crippen LogP contribution in [0.4, 0.5) is 20.2 Å². The Balaban J connectivity index is 0.000000226. The molecule has 0 bridgehead atoms. The molecular weight excluding hydrogens is 921 g/mol. The van der Waals surface area contributed by atoms with Crippen LogP contribution in [0.1, 0.15) is 33.8 Å². The van der Waals surface area contributed by atoms with Crippen LogP contribution in [-0.4, -0.2) is 172 Å². The average Bonchev–Trinajstić information content (AvgIpc) is 3.87. The summed E-state index contributed by atoms with van der Waals surface area (Å²) < 4.78 is 86.9. The summed E-state index contributed by atoms with van der Waals surface area (Å²) in [5.41, 5.74) is 9.09. The molecule has 0 spiro atoms. The zero-order valence-electron chi connectivity index (χ0n) is 38.0. The number of anilines is 2. The average molecular weight is 982 g/mol. The van der Waals surface area contributed by atoms with Crippen molar-refractivity contribution in [2.45, 2.75) is 19.5 Å². The van der Waals surface area contributed by atoms with Gasteiger partial charge in [-0.1, -0.05) is 72.8 Å². The summed E-state index contributed by atoms with van der Waals surface area (Å²) in [7, 11) is -7.23. The van der Waals surface area contributed by atoms with Crippen molar-refractivity contribution in [1.82, 2.24) is 29.8 Å². The number of aliphatic hydroxyl groups excluding tert-OH is 2. The van der Waals surface area contributed by atoms with E-state index in [0.717, 1.165) is 63.5 Å². The lowest BCUT2D eigenvalue weighted by Gasteiger charge is -2.34. The summed E-state index contributed by atoms with van der Waals surface area (Å²) >= 11 is 0. The van der Waals surface area contributed by atoms with Crippen LogP contribution in [-0.2, 0) is 33.1 Å². The van der Waals surface area contributed by atoms with Crippen molar-refractivity contribution in [2.24, 2.45) is 5.73 Å². The minimum absolute atomic E-state index is 0.0195. The highest BCUT2D eigenvalue weighted by atomic mass is 32.2. The number of β-amino-alcohol motifs (C(OH)–C–C–N with tert-alkyl or cyclic N) is 2. The largest absolute Gasteiger partial charge is 0.415 e. The van der Waals surface area contributed by atoms with Crippen LogP contribution >= 0.6 is 0 Å². The summed E-state index contributed by atoms with van der Waals surface area (Å²) in [5, 5.41) is 25.2. The summed E-state index contributed by atoms with van der Waals surface area (Å²) in [6.07, 6.45) is -2.85. The van der Waals surface area contributed by atoms with E-state index < -0.39 is 32.4 Å². The molecule has 0 amide bonds. The fourth-order valence-electron chi connectivity index (χ4n) is 7.79. The van der Waals surface area contributed by atoms with Gasteiger partial charge < -0.3 is 20.4 Å². The second-order valence-corrected chi connectivity index (χ2v) is 20.4. The van der Waals surface area contributed by atoms with E-state index in [1.807, 2.05) is 24.3 Å². The van der Waals surface area contributed by atoms with Crippen molar-refractivity contribution in [2.75, 3.05) is 118 Å². The second-order valence-electron chi connectivity index (χ2n) is 16.4. The van der Waals surface area contributed by atoms with E-state index in [1.54, 1.807) is 84.9 Å². The van der Waals surface area contributed by atoms with Gasteiger partial charge >= 0.3 is 6.43 Å². The topological polar surface area (TPSA) is 210 Å². The number of alkyl halides is 2. The third-order valence-corrected chi connectivity index (χ3v) is 15.2. The van der Waals surface area contributed by atoms with E-state index in [0.29, 0.717) is 48.7 Å². The van der Waals surface area contributed by atoms with Crippen LogP contribution in [0.5, 0.6) is 0 Å². The van der Waals surface area contributed by atoms with Gasteiger partial charge in [-0.05, 0) is 47.5 Å². The number of hydrogen-bond acceptors (Lipinski definition) is 15. The number of carbonyl (C=O) groups excluding carboxylic acids is 1. The molecule has 4 aromatic carbocycles. The maximum Gasteiger partial charge on any atom is 0.314 e. The Morgan fingerprint density at radius 2 is 1.00 bits per heavy atom. The standard InChI is InChI=1S/C24H29F2N5O4S.C23H32N4O4S/c25-22(26)24-28-27-23(35-24)20-8-6-19(7-9-20)18-31(21-4-2-1-3-5-21)36(33,34)17-15-30-12-10-29(11-13-30)14-16-32;24-18-23(29)21-8-6-20(7-9-21)19-27(22-4-2-1-3-5-22)32(30,31)17-15-26-12-10-25(11-13-26)14-16-28/h1-9,22,32H,10-18H2;1-9,28H,10-19,24H2. The van der Waals surface area contributed by atoms with E-state index in [9.17, 15) is 30.4 Å². The number of rotatable bonds is 22. The number of nitrogens with zero attached hydrogens (tertiary/aromatic N) is 8. The van der Waals surface area contributed by atoms with Crippen molar-refractivity contribution in [1.29, 1.82) is 0 Å². The van der Waals surface area contributed by atoms with Gasteiger partial charge in [-0.15, -0.1) is 10.2 Å². The third-order valence-electron chi connectivity index (χ3n) is 11.8. The highest BCUT2D eigenvalue weighted by Gasteiger charge is 2.27. The highest BCUT2D eigenvalue weighted by Crippen LogP contribution is 2.26. The third kappa shape index (κ3) is 15.1. The number of piperazine rings is 2. The first-order valence-electron chi connectivity index (χ1n) is 22.5. The van der Waals surface area contributed by atoms with Crippen LogP contribution < -0.4 is 14.3 Å². The Kier molecular flexibility index (Phi) is 19.5.